The lowest BCUT2D eigenvalue weighted by molar-refractivity contribution is -0.115. The van der Waals surface area contributed by atoms with Crippen molar-refractivity contribution in [1.82, 2.24) is 0 Å². The van der Waals surface area contributed by atoms with Crippen molar-refractivity contribution in [3.63, 3.8) is 0 Å². The van der Waals surface area contributed by atoms with E-state index in [9.17, 15) is 4.79 Å². The molecule has 1 aromatic rings. The predicted molar refractivity (Wildman–Crippen MR) is 61.6 cm³/mol. The van der Waals surface area contributed by atoms with E-state index >= 15 is 0 Å². The van der Waals surface area contributed by atoms with Crippen LogP contribution in [0.15, 0.2) is 12.1 Å². The van der Waals surface area contributed by atoms with Gasteiger partial charge in [0.1, 0.15) is 23.3 Å². The SMILES string of the molecule is COc1ccc(C#N)c(NC(=O)CC#N)c1Cl. The number of halogens is 1. The fourth-order valence-corrected chi connectivity index (χ4v) is 1.47. The summed E-state index contributed by atoms with van der Waals surface area (Å²) >= 11 is 5.96. The van der Waals surface area contributed by atoms with Gasteiger partial charge in [-0.05, 0) is 12.1 Å². The zero-order valence-corrected chi connectivity index (χ0v) is 9.71. The number of ether oxygens (including phenoxy) is 1. The first-order valence-corrected chi connectivity index (χ1v) is 4.95. The van der Waals surface area contributed by atoms with Crippen LogP contribution >= 0.6 is 11.6 Å². The minimum Gasteiger partial charge on any atom is -0.495 e. The molecule has 0 atom stereocenters. The molecule has 17 heavy (non-hydrogen) atoms. The lowest BCUT2D eigenvalue weighted by atomic mass is 10.1. The topological polar surface area (TPSA) is 85.9 Å². The highest BCUT2D eigenvalue weighted by Crippen LogP contribution is 2.34. The number of benzene rings is 1. The molecule has 1 aromatic carbocycles. The number of nitrogens with zero attached hydrogens (tertiary/aromatic N) is 2. The highest BCUT2D eigenvalue weighted by Gasteiger charge is 2.14. The van der Waals surface area contributed by atoms with Crippen molar-refractivity contribution in [3.8, 4) is 17.9 Å². The summed E-state index contributed by atoms with van der Waals surface area (Å²) in [5.74, 6) is -0.183. The normalized spacial score (nSPS) is 8.94. The molecule has 0 fully saturated rings. The second-order valence-corrected chi connectivity index (χ2v) is 3.38. The molecule has 86 valence electrons. The van der Waals surface area contributed by atoms with Crippen molar-refractivity contribution in [1.29, 1.82) is 10.5 Å². The van der Waals surface area contributed by atoms with E-state index in [-0.39, 0.29) is 22.7 Å². The standard InChI is InChI=1S/C11H8ClN3O2/c1-17-8-3-2-7(6-14)11(10(8)12)15-9(16)4-5-13/h2-3H,4H2,1H3,(H,15,16). The number of carbonyl (C=O) groups is 1. The minimum absolute atomic E-state index is 0.137. The Labute approximate surface area is 103 Å². The van der Waals surface area contributed by atoms with Gasteiger partial charge in [-0.15, -0.1) is 0 Å². The number of anilines is 1. The van der Waals surface area contributed by atoms with E-state index in [1.165, 1.54) is 19.2 Å². The molecule has 1 rings (SSSR count). The van der Waals surface area contributed by atoms with Crippen molar-refractivity contribution in [2.75, 3.05) is 12.4 Å². The molecule has 0 spiro atoms. The van der Waals surface area contributed by atoms with Crippen LogP contribution < -0.4 is 10.1 Å². The van der Waals surface area contributed by atoms with Gasteiger partial charge in [-0.3, -0.25) is 4.79 Å². The Kier molecular flexibility index (Phi) is 4.33. The molecule has 0 saturated carbocycles. The Bertz CT molecular complexity index is 529. The lowest BCUT2D eigenvalue weighted by Gasteiger charge is -2.10. The zero-order valence-electron chi connectivity index (χ0n) is 8.95. The molecule has 5 nitrogen and oxygen atoms in total. The van der Waals surface area contributed by atoms with E-state index in [0.29, 0.717) is 5.75 Å². The van der Waals surface area contributed by atoms with Gasteiger partial charge < -0.3 is 10.1 Å². The van der Waals surface area contributed by atoms with E-state index in [1.807, 2.05) is 6.07 Å². The average molecular weight is 250 g/mol. The first-order valence-electron chi connectivity index (χ1n) is 4.57. The highest BCUT2D eigenvalue weighted by molar-refractivity contribution is 6.35. The second-order valence-electron chi connectivity index (χ2n) is 3.00. The molecule has 1 N–H and O–H groups in total. The van der Waals surface area contributed by atoms with Crippen molar-refractivity contribution in [2.45, 2.75) is 6.42 Å². The smallest absolute Gasteiger partial charge is 0.238 e. The van der Waals surface area contributed by atoms with Crippen molar-refractivity contribution < 1.29 is 9.53 Å². The molecule has 6 heteroatoms. The van der Waals surface area contributed by atoms with Crippen LogP contribution in [-0.4, -0.2) is 13.0 Å². The third-order valence-corrected chi connectivity index (χ3v) is 2.33. The van der Waals surface area contributed by atoms with E-state index in [1.54, 1.807) is 6.07 Å². The van der Waals surface area contributed by atoms with Gasteiger partial charge in [0.2, 0.25) is 5.91 Å². The third-order valence-electron chi connectivity index (χ3n) is 1.95. The Morgan fingerprint density at radius 2 is 2.24 bits per heavy atom. The van der Waals surface area contributed by atoms with Crippen LogP contribution in [0.4, 0.5) is 5.69 Å². The molecule has 0 aliphatic rings. The van der Waals surface area contributed by atoms with Crippen LogP contribution in [0.2, 0.25) is 5.02 Å². The summed E-state index contributed by atoms with van der Waals surface area (Å²) in [6.07, 6.45) is -0.307. The van der Waals surface area contributed by atoms with Gasteiger partial charge >= 0.3 is 0 Å². The van der Waals surface area contributed by atoms with Gasteiger partial charge in [0, 0.05) is 0 Å². The number of hydrogen-bond acceptors (Lipinski definition) is 4. The van der Waals surface area contributed by atoms with Crippen LogP contribution in [0.1, 0.15) is 12.0 Å². The van der Waals surface area contributed by atoms with E-state index in [4.69, 9.17) is 26.9 Å². The van der Waals surface area contributed by atoms with Gasteiger partial charge in [-0.25, -0.2) is 0 Å². The number of nitriles is 2. The van der Waals surface area contributed by atoms with Gasteiger partial charge in [-0.2, -0.15) is 10.5 Å². The zero-order chi connectivity index (χ0) is 12.8. The van der Waals surface area contributed by atoms with Crippen LogP contribution in [0, 0.1) is 22.7 Å². The number of nitrogens with one attached hydrogen (secondary N) is 1. The first kappa shape index (κ1) is 12.8. The van der Waals surface area contributed by atoms with E-state index in [2.05, 4.69) is 5.32 Å². The fourth-order valence-electron chi connectivity index (χ4n) is 1.19. The summed E-state index contributed by atoms with van der Waals surface area (Å²) in [5, 5.41) is 19.8. The predicted octanol–water partition coefficient (Wildman–Crippen LogP) is 2.07. The van der Waals surface area contributed by atoms with E-state index < -0.39 is 5.91 Å². The van der Waals surface area contributed by atoms with Gasteiger partial charge in [0.25, 0.3) is 0 Å². The number of carbonyl (C=O) groups excluding carboxylic acids is 1. The Balaban J connectivity index is 3.17. The third kappa shape index (κ3) is 2.87. The summed E-state index contributed by atoms with van der Waals surface area (Å²) in [4.78, 5) is 11.3. The largest absolute Gasteiger partial charge is 0.495 e. The molecule has 1 amide bonds. The maximum absolute atomic E-state index is 11.3. The number of amides is 1. The summed E-state index contributed by atoms with van der Waals surface area (Å²) < 4.78 is 4.97. The molecule has 0 aliphatic heterocycles. The number of hydrogen-bond donors (Lipinski definition) is 1. The van der Waals surface area contributed by atoms with Crippen molar-refractivity contribution in [2.24, 2.45) is 0 Å². The molecule has 0 radical (unpaired) electrons. The molecule has 0 aromatic heterocycles. The highest BCUT2D eigenvalue weighted by atomic mass is 35.5. The Morgan fingerprint density at radius 1 is 1.53 bits per heavy atom. The Hall–Kier alpha value is -2.24. The molecule has 0 saturated heterocycles. The van der Waals surface area contributed by atoms with Crippen molar-refractivity contribution >= 4 is 23.2 Å². The maximum Gasteiger partial charge on any atom is 0.238 e. The maximum atomic E-state index is 11.3. The molecule has 0 aliphatic carbocycles. The summed E-state index contributed by atoms with van der Waals surface area (Å²) in [5.41, 5.74) is 0.371. The fraction of sp³-hybridized carbons (Fsp3) is 0.182. The van der Waals surface area contributed by atoms with E-state index in [0.717, 1.165) is 0 Å². The van der Waals surface area contributed by atoms with Gasteiger partial charge in [0.15, 0.2) is 0 Å². The van der Waals surface area contributed by atoms with Gasteiger partial charge in [0.05, 0.1) is 24.4 Å². The van der Waals surface area contributed by atoms with Gasteiger partial charge in [-0.1, -0.05) is 11.6 Å². The molecule has 0 bridgehead atoms. The van der Waals surface area contributed by atoms with Crippen LogP contribution in [0.5, 0.6) is 5.75 Å². The molecule has 0 unspecified atom stereocenters. The summed E-state index contributed by atoms with van der Waals surface area (Å²) in [6.45, 7) is 0. The monoisotopic (exact) mass is 249 g/mol. The molecular formula is C11H8ClN3O2. The lowest BCUT2D eigenvalue weighted by Crippen LogP contribution is -2.12. The molecular weight excluding hydrogens is 242 g/mol. The van der Waals surface area contributed by atoms with Crippen LogP contribution in [0.25, 0.3) is 0 Å². The first-order chi connectivity index (χ1) is 8.13. The van der Waals surface area contributed by atoms with Crippen LogP contribution in [0.3, 0.4) is 0 Å². The summed E-state index contributed by atoms with van der Waals surface area (Å²) in [6, 6.07) is 6.61. The second kappa shape index (κ2) is 5.74. The quantitative estimate of drug-likeness (QED) is 0.888. The number of methoxy groups -OCH3 is 1. The van der Waals surface area contributed by atoms with Crippen LogP contribution in [-0.2, 0) is 4.79 Å². The minimum atomic E-state index is -0.529. The molecule has 0 heterocycles. The Morgan fingerprint density at radius 3 is 2.76 bits per heavy atom. The summed E-state index contributed by atoms with van der Waals surface area (Å²) in [7, 11) is 1.42. The average Bonchev–Trinajstić information content (AvgIpc) is 2.32. The number of rotatable bonds is 3. The van der Waals surface area contributed by atoms with Crippen molar-refractivity contribution in [3.05, 3.63) is 22.7 Å².